The summed E-state index contributed by atoms with van der Waals surface area (Å²) in [6, 6.07) is 0. The van der Waals surface area contributed by atoms with Crippen molar-refractivity contribution in [2.75, 3.05) is 0 Å². The van der Waals surface area contributed by atoms with Gasteiger partial charge in [0.25, 0.3) is 0 Å². The standard InChI is InChI=1S/C4H9.Na.H2S/c1-3-4-2;;/h1,3-4H2,2H3;;1H2/q-1;+1;. The third-order valence-electron chi connectivity index (χ3n) is 0.354. The van der Waals surface area contributed by atoms with Gasteiger partial charge in [0.15, 0.2) is 0 Å². The first-order chi connectivity index (χ1) is 1.91. The Morgan fingerprint density at radius 3 is 1.67 bits per heavy atom. The van der Waals surface area contributed by atoms with Crippen molar-refractivity contribution in [3.63, 3.8) is 0 Å². The van der Waals surface area contributed by atoms with Crippen LogP contribution in [0.5, 0.6) is 0 Å². The summed E-state index contributed by atoms with van der Waals surface area (Å²) in [6.45, 7) is 5.72. The molecule has 0 saturated heterocycles. The Morgan fingerprint density at radius 2 is 1.67 bits per heavy atom. The van der Waals surface area contributed by atoms with E-state index in [2.05, 4.69) is 13.8 Å². The van der Waals surface area contributed by atoms with Gasteiger partial charge in [-0.2, -0.15) is 19.9 Å². The molecule has 0 spiro atoms. The second-order valence-corrected chi connectivity index (χ2v) is 0.854. The van der Waals surface area contributed by atoms with Crippen molar-refractivity contribution in [3.05, 3.63) is 6.92 Å². The van der Waals surface area contributed by atoms with Crippen molar-refractivity contribution in [1.82, 2.24) is 0 Å². The maximum Gasteiger partial charge on any atom is 1.00 e. The molecule has 6 heavy (non-hydrogen) atoms. The monoisotopic (exact) mass is 114 g/mol. The Hall–Kier alpha value is 1.35. The van der Waals surface area contributed by atoms with Gasteiger partial charge in [-0.25, -0.2) is 0 Å². The normalized spacial score (nSPS) is 5.00. The van der Waals surface area contributed by atoms with Crippen LogP contribution in [-0.4, -0.2) is 0 Å². The largest absolute Gasteiger partial charge is 1.00 e. The molecule has 0 aromatic heterocycles. The third kappa shape index (κ3) is 18.3. The van der Waals surface area contributed by atoms with Crippen LogP contribution < -0.4 is 29.6 Å². The molecule has 34 valence electrons. The van der Waals surface area contributed by atoms with Crippen molar-refractivity contribution < 1.29 is 29.6 Å². The van der Waals surface area contributed by atoms with E-state index in [-0.39, 0.29) is 43.1 Å². The van der Waals surface area contributed by atoms with Gasteiger partial charge in [-0.1, -0.05) is 13.3 Å². The molecule has 0 aliphatic heterocycles. The summed E-state index contributed by atoms with van der Waals surface area (Å²) in [5.41, 5.74) is 0. The minimum atomic E-state index is 0. The van der Waals surface area contributed by atoms with Crippen molar-refractivity contribution in [2.24, 2.45) is 0 Å². The first-order valence-corrected chi connectivity index (χ1v) is 1.71. The summed E-state index contributed by atoms with van der Waals surface area (Å²) >= 11 is 0. The molecular formula is C4H11NaS. The first kappa shape index (κ1) is 15.7. The zero-order valence-electron chi connectivity index (χ0n) is 4.62. The Morgan fingerprint density at radius 1 is 1.50 bits per heavy atom. The van der Waals surface area contributed by atoms with Gasteiger partial charge in [0.2, 0.25) is 0 Å². The van der Waals surface area contributed by atoms with E-state index in [1.807, 2.05) is 0 Å². The number of hydrogen-bond donors (Lipinski definition) is 0. The minimum absolute atomic E-state index is 0. The van der Waals surface area contributed by atoms with E-state index in [1.165, 1.54) is 6.42 Å². The van der Waals surface area contributed by atoms with Crippen LogP contribution in [0.15, 0.2) is 0 Å². The van der Waals surface area contributed by atoms with E-state index >= 15 is 0 Å². The molecule has 0 nitrogen and oxygen atoms in total. The SMILES string of the molecule is S.[CH2-]CCC.[Na+]. The predicted octanol–water partition coefficient (Wildman–Crippen LogP) is -1.26. The van der Waals surface area contributed by atoms with Gasteiger partial charge in [-0.3, -0.25) is 0 Å². The molecule has 0 radical (unpaired) electrons. The van der Waals surface area contributed by atoms with Gasteiger partial charge in [0.05, 0.1) is 0 Å². The molecule has 0 aliphatic carbocycles. The van der Waals surface area contributed by atoms with Gasteiger partial charge in [-0.15, -0.1) is 0 Å². The first-order valence-electron chi connectivity index (χ1n) is 1.71. The number of rotatable bonds is 1. The van der Waals surface area contributed by atoms with Crippen LogP contribution in [0.1, 0.15) is 19.8 Å². The van der Waals surface area contributed by atoms with Crippen molar-refractivity contribution >= 4 is 13.5 Å². The minimum Gasteiger partial charge on any atom is -0.343 e. The van der Waals surface area contributed by atoms with E-state index < -0.39 is 0 Å². The zero-order valence-corrected chi connectivity index (χ0v) is 7.62. The molecule has 0 heterocycles. The van der Waals surface area contributed by atoms with Crippen LogP contribution in [-0.2, 0) is 0 Å². The molecule has 0 fully saturated rings. The molecule has 0 rings (SSSR count). The number of unbranched alkanes of at least 4 members (excludes halogenated alkanes) is 1. The molecule has 0 bridgehead atoms. The third-order valence-corrected chi connectivity index (χ3v) is 0.354. The fourth-order valence-corrected chi connectivity index (χ4v) is 0. The molecule has 2 heteroatoms. The summed E-state index contributed by atoms with van der Waals surface area (Å²) in [5.74, 6) is 0. The molecule has 0 unspecified atom stereocenters. The summed E-state index contributed by atoms with van der Waals surface area (Å²) in [7, 11) is 0. The molecule has 0 aliphatic rings. The quantitative estimate of drug-likeness (QED) is 0.295. The van der Waals surface area contributed by atoms with Crippen LogP contribution in [0, 0.1) is 6.92 Å². The van der Waals surface area contributed by atoms with Gasteiger partial charge in [0, 0.05) is 0 Å². The second-order valence-electron chi connectivity index (χ2n) is 0.854. The van der Waals surface area contributed by atoms with Crippen LogP contribution in [0.25, 0.3) is 0 Å². The van der Waals surface area contributed by atoms with E-state index in [4.69, 9.17) is 0 Å². The van der Waals surface area contributed by atoms with Gasteiger partial charge in [-0.05, 0) is 0 Å². The summed E-state index contributed by atoms with van der Waals surface area (Å²) < 4.78 is 0. The Labute approximate surface area is 69.4 Å². The van der Waals surface area contributed by atoms with Gasteiger partial charge in [0.1, 0.15) is 0 Å². The average molecular weight is 114 g/mol. The van der Waals surface area contributed by atoms with E-state index in [9.17, 15) is 0 Å². The Balaban J connectivity index is -0.0000000450. The maximum atomic E-state index is 3.60. The second kappa shape index (κ2) is 16.2. The topological polar surface area (TPSA) is 0 Å². The van der Waals surface area contributed by atoms with Crippen LogP contribution >= 0.6 is 13.5 Å². The van der Waals surface area contributed by atoms with E-state index in [0.717, 1.165) is 6.42 Å². The fourth-order valence-electron chi connectivity index (χ4n) is 0. The summed E-state index contributed by atoms with van der Waals surface area (Å²) in [4.78, 5) is 0. The molecule has 0 aromatic rings. The van der Waals surface area contributed by atoms with Crippen molar-refractivity contribution in [3.8, 4) is 0 Å². The molecule has 0 saturated carbocycles. The van der Waals surface area contributed by atoms with Gasteiger partial charge >= 0.3 is 29.6 Å². The zero-order chi connectivity index (χ0) is 3.41. The van der Waals surface area contributed by atoms with Gasteiger partial charge < -0.3 is 6.92 Å². The van der Waals surface area contributed by atoms with E-state index in [0.29, 0.717) is 0 Å². The molecular weight excluding hydrogens is 103 g/mol. The van der Waals surface area contributed by atoms with Crippen molar-refractivity contribution in [1.29, 1.82) is 0 Å². The van der Waals surface area contributed by atoms with Crippen LogP contribution in [0.2, 0.25) is 0 Å². The Kier molecular flexibility index (Phi) is 42.3. The van der Waals surface area contributed by atoms with Crippen molar-refractivity contribution in [2.45, 2.75) is 19.8 Å². The maximum absolute atomic E-state index is 3.60. The van der Waals surface area contributed by atoms with Crippen LogP contribution in [0.4, 0.5) is 0 Å². The average Bonchev–Trinajstić information content (AvgIpc) is 1.37. The summed E-state index contributed by atoms with van der Waals surface area (Å²) in [6.07, 6.45) is 2.28. The smallest absolute Gasteiger partial charge is 0.343 e. The molecule has 0 atom stereocenters. The molecule has 0 aromatic carbocycles. The van der Waals surface area contributed by atoms with E-state index in [1.54, 1.807) is 0 Å². The molecule has 0 amide bonds. The number of hydrogen-bond acceptors (Lipinski definition) is 0. The fraction of sp³-hybridized carbons (Fsp3) is 0.750. The van der Waals surface area contributed by atoms with Crippen LogP contribution in [0.3, 0.4) is 0 Å². The predicted molar refractivity (Wildman–Crippen MR) is 30.6 cm³/mol. The Bertz CT molecular complexity index is 9.51. The summed E-state index contributed by atoms with van der Waals surface area (Å²) in [5, 5.41) is 0. The molecule has 0 N–H and O–H groups in total.